The number of rotatable bonds is 8. The average molecular weight is 439 g/mol. The molecule has 1 fully saturated rings. The fourth-order valence-electron chi connectivity index (χ4n) is 3.44. The second-order valence-corrected chi connectivity index (χ2v) is 8.82. The molecule has 0 bridgehead atoms. The highest BCUT2D eigenvalue weighted by Crippen LogP contribution is 2.13. The van der Waals surface area contributed by atoms with E-state index in [0.29, 0.717) is 24.4 Å². The molecule has 0 saturated carbocycles. The van der Waals surface area contributed by atoms with E-state index in [-0.39, 0.29) is 23.6 Å². The number of morpholine rings is 1. The zero-order valence-corrected chi connectivity index (χ0v) is 19.2. The first-order chi connectivity index (χ1) is 15.3. The number of amides is 3. The monoisotopic (exact) mass is 438 g/mol. The van der Waals surface area contributed by atoms with Crippen molar-refractivity contribution in [3.8, 4) is 0 Å². The quantitative estimate of drug-likeness (QED) is 0.588. The molecule has 0 radical (unpaired) electrons. The molecule has 3 rings (SSSR count). The molecular formula is C25H34N4O3. The fraction of sp³-hybridized carbons (Fsp3) is 0.440. The van der Waals surface area contributed by atoms with Gasteiger partial charge in [0.15, 0.2) is 0 Å². The number of nitrogens with one attached hydrogen (secondary N) is 3. The molecular weight excluding hydrogens is 404 g/mol. The number of nitrogens with zero attached hydrogens (tertiary/aromatic N) is 1. The van der Waals surface area contributed by atoms with Gasteiger partial charge in [0.25, 0.3) is 5.91 Å². The molecule has 0 aromatic heterocycles. The van der Waals surface area contributed by atoms with Crippen LogP contribution in [0.4, 0.5) is 10.5 Å². The molecule has 1 aliphatic rings. The molecule has 3 amide bonds. The minimum absolute atomic E-state index is 0.0498. The van der Waals surface area contributed by atoms with E-state index in [4.69, 9.17) is 4.74 Å². The summed E-state index contributed by atoms with van der Waals surface area (Å²) in [6.07, 6.45) is 0.791. The molecule has 0 spiro atoms. The largest absolute Gasteiger partial charge is 0.374 e. The molecule has 1 aliphatic heterocycles. The van der Waals surface area contributed by atoms with Crippen LogP contribution in [-0.4, -0.2) is 54.7 Å². The summed E-state index contributed by atoms with van der Waals surface area (Å²) in [5, 5.41) is 8.69. The third-order valence-corrected chi connectivity index (χ3v) is 5.70. The third-order valence-electron chi connectivity index (χ3n) is 5.70. The normalized spacial score (nSPS) is 16.9. The number of benzene rings is 2. The maximum Gasteiger partial charge on any atom is 0.319 e. The molecule has 172 valence electrons. The molecule has 1 saturated heterocycles. The highest BCUT2D eigenvalue weighted by Gasteiger charge is 2.21. The summed E-state index contributed by atoms with van der Waals surface area (Å²) in [4.78, 5) is 27.0. The van der Waals surface area contributed by atoms with E-state index in [1.165, 1.54) is 5.56 Å². The second-order valence-electron chi connectivity index (χ2n) is 8.82. The minimum atomic E-state index is -0.293. The standard InChI is InChI=1S/C25H34N4O3/c1-4-25(2,3)28-23(30)20-10-12-21(13-11-20)27-24(31)26-16-22-18-29(14-15-32-22)17-19-8-6-5-7-9-19/h5-13,22H,4,14-18H2,1-3H3,(H,28,30)(H2,26,27,31). The highest BCUT2D eigenvalue weighted by atomic mass is 16.5. The Bertz CT molecular complexity index is 884. The van der Waals surface area contributed by atoms with Crippen molar-refractivity contribution < 1.29 is 14.3 Å². The van der Waals surface area contributed by atoms with Crippen molar-refractivity contribution in [1.82, 2.24) is 15.5 Å². The van der Waals surface area contributed by atoms with Gasteiger partial charge in [0, 0.05) is 43.0 Å². The maximum absolute atomic E-state index is 12.3. The first-order valence-electron chi connectivity index (χ1n) is 11.2. The van der Waals surface area contributed by atoms with Crippen LogP contribution in [0.15, 0.2) is 54.6 Å². The van der Waals surface area contributed by atoms with E-state index in [1.54, 1.807) is 24.3 Å². The van der Waals surface area contributed by atoms with E-state index in [1.807, 2.05) is 39.0 Å². The zero-order chi connectivity index (χ0) is 23.0. The van der Waals surface area contributed by atoms with E-state index in [2.05, 4.69) is 33.0 Å². The molecule has 1 heterocycles. The summed E-state index contributed by atoms with van der Waals surface area (Å²) >= 11 is 0. The van der Waals surface area contributed by atoms with Crippen LogP contribution in [0.3, 0.4) is 0 Å². The predicted molar refractivity (Wildman–Crippen MR) is 127 cm³/mol. The van der Waals surface area contributed by atoms with Crippen molar-refractivity contribution in [2.45, 2.75) is 45.4 Å². The Morgan fingerprint density at radius 1 is 1.09 bits per heavy atom. The highest BCUT2D eigenvalue weighted by molar-refractivity contribution is 5.95. The van der Waals surface area contributed by atoms with Crippen molar-refractivity contribution >= 4 is 17.6 Å². The van der Waals surface area contributed by atoms with Gasteiger partial charge in [-0.2, -0.15) is 0 Å². The number of anilines is 1. The topological polar surface area (TPSA) is 82.7 Å². The SMILES string of the molecule is CCC(C)(C)NC(=O)c1ccc(NC(=O)NCC2CN(Cc3ccccc3)CCO2)cc1. The molecule has 1 unspecified atom stereocenters. The van der Waals surface area contributed by atoms with Gasteiger partial charge in [-0.05, 0) is 50.1 Å². The van der Waals surface area contributed by atoms with E-state index < -0.39 is 0 Å². The molecule has 2 aromatic carbocycles. The number of hydrogen-bond acceptors (Lipinski definition) is 4. The lowest BCUT2D eigenvalue weighted by Gasteiger charge is -2.33. The van der Waals surface area contributed by atoms with Gasteiger partial charge in [0.1, 0.15) is 0 Å². The molecule has 2 aromatic rings. The van der Waals surface area contributed by atoms with Gasteiger partial charge in [0.2, 0.25) is 0 Å². The summed E-state index contributed by atoms with van der Waals surface area (Å²) in [6.45, 7) is 9.63. The number of carbonyl (C=O) groups excluding carboxylic acids is 2. The van der Waals surface area contributed by atoms with Crippen LogP contribution >= 0.6 is 0 Å². The van der Waals surface area contributed by atoms with Gasteiger partial charge in [-0.25, -0.2) is 4.79 Å². The van der Waals surface area contributed by atoms with Crippen LogP contribution in [0.1, 0.15) is 43.1 Å². The van der Waals surface area contributed by atoms with Crippen LogP contribution in [0.5, 0.6) is 0 Å². The van der Waals surface area contributed by atoms with Crippen molar-refractivity contribution in [2.24, 2.45) is 0 Å². The smallest absolute Gasteiger partial charge is 0.319 e. The first kappa shape index (κ1) is 23.8. The van der Waals surface area contributed by atoms with Gasteiger partial charge in [0.05, 0.1) is 12.7 Å². The maximum atomic E-state index is 12.3. The van der Waals surface area contributed by atoms with Crippen LogP contribution < -0.4 is 16.0 Å². The fourth-order valence-corrected chi connectivity index (χ4v) is 3.44. The molecule has 3 N–H and O–H groups in total. The van der Waals surface area contributed by atoms with E-state index in [9.17, 15) is 9.59 Å². The van der Waals surface area contributed by atoms with Gasteiger partial charge >= 0.3 is 6.03 Å². The summed E-state index contributed by atoms with van der Waals surface area (Å²) in [5.41, 5.74) is 2.20. The predicted octanol–water partition coefficient (Wildman–Crippen LogP) is 3.63. The summed E-state index contributed by atoms with van der Waals surface area (Å²) in [5.74, 6) is -0.123. The minimum Gasteiger partial charge on any atom is -0.374 e. The molecule has 7 heteroatoms. The van der Waals surface area contributed by atoms with Gasteiger partial charge in [-0.3, -0.25) is 9.69 Å². The Morgan fingerprint density at radius 2 is 1.81 bits per heavy atom. The van der Waals surface area contributed by atoms with Gasteiger partial charge < -0.3 is 20.7 Å². The first-order valence-corrected chi connectivity index (χ1v) is 11.2. The average Bonchev–Trinajstić information content (AvgIpc) is 2.79. The summed E-state index contributed by atoms with van der Waals surface area (Å²) in [6, 6.07) is 16.9. The third kappa shape index (κ3) is 7.35. The van der Waals surface area contributed by atoms with Crippen molar-refractivity contribution in [1.29, 1.82) is 0 Å². The van der Waals surface area contributed by atoms with Crippen LogP contribution in [0.25, 0.3) is 0 Å². The lowest BCUT2D eigenvalue weighted by atomic mass is 10.0. The second kappa shape index (κ2) is 11.1. The van der Waals surface area contributed by atoms with Crippen LogP contribution in [0.2, 0.25) is 0 Å². The zero-order valence-electron chi connectivity index (χ0n) is 19.2. The lowest BCUT2D eigenvalue weighted by Crippen LogP contribution is -2.47. The Balaban J connectivity index is 1.43. The Kier molecular flexibility index (Phi) is 8.25. The number of ether oxygens (including phenoxy) is 1. The van der Waals surface area contributed by atoms with Crippen molar-refractivity contribution in [2.75, 3.05) is 31.6 Å². The Labute approximate surface area is 190 Å². The van der Waals surface area contributed by atoms with Gasteiger partial charge in [-0.15, -0.1) is 0 Å². The summed E-state index contributed by atoms with van der Waals surface area (Å²) < 4.78 is 5.81. The lowest BCUT2D eigenvalue weighted by molar-refractivity contribution is -0.0285. The molecule has 32 heavy (non-hydrogen) atoms. The number of urea groups is 1. The van der Waals surface area contributed by atoms with Gasteiger partial charge in [-0.1, -0.05) is 37.3 Å². The molecule has 1 atom stereocenters. The Morgan fingerprint density at radius 3 is 2.50 bits per heavy atom. The Hall–Kier alpha value is -2.90. The van der Waals surface area contributed by atoms with Crippen molar-refractivity contribution in [3.05, 3.63) is 65.7 Å². The number of carbonyl (C=O) groups is 2. The summed E-state index contributed by atoms with van der Waals surface area (Å²) in [7, 11) is 0. The van der Waals surface area contributed by atoms with Crippen LogP contribution in [-0.2, 0) is 11.3 Å². The van der Waals surface area contributed by atoms with E-state index >= 15 is 0 Å². The molecule has 0 aliphatic carbocycles. The van der Waals surface area contributed by atoms with Crippen molar-refractivity contribution in [3.63, 3.8) is 0 Å². The van der Waals surface area contributed by atoms with Crippen LogP contribution in [0, 0.1) is 0 Å². The molecule has 7 nitrogen and oxygen atoms in total. The van der Waals surface area contributed by atoms with E-state index in [0.717, 1.165) is 26.1 Å². The number of hydrogen-bond donors (Lipinski definition) is 3.